The molecule has 2 fully saturated rings. The van der Waals surface area contributed by atoms with Crippen molar-refractivity contribution in [1.29, 1.82) is 0 Å². The van der Waals surface area contributed by atoms with Crippen LogP contribution in [0.3, 0.4) is 0 Å². The molecule has 2 rings (SSSR count). The summed E-state index contributed by atoms with van der Waals surface area (Å²) in [5, 5.41) is 2.39. The van der Waals surface area contributed by atoms with E-state index < -0.39 is 66.5 Å². The molecule has 2 aliphatic heterocycles. The molecule has 28 heavy (non-hydrogen) atoms. The van der Waals surface area contributed by atoms with Crippen molar-refractivity contribution in [3.05, 3.63) is 0 Å². The highest BCUT2D eigenvalue weighted by Crippen LogP contribution is 2.39. The monoisotopic (exact) mass is 489 g/mol. The number of fused-ring (bicyclic) bond motifs is 1. The fourth-order valence-corrected chi connectivity index (χ4v) is 3.50. The second-order valence-electron chi connectivity index (χ2n) is 6.74. The standard InChI is InChI=1S/C14H18Cl3F3NO6P/c1-5-7(21-10(22)13(15,16)17)9(27-28-11(23)14(18,19)20)25-6-4-24-12(2,3)26-8(5)6/h5-9,28H,4H2,1-3H3,(H,21,22)/t5-,6?,7?,8+,9+/m1/s1. The van der Waals surface area contributed by atoms with E-state index in [0.29, 0.717) is 0 Å². The van der Waals surface area contributed by atoms with Gasteiger partial charge in [0.2, 0.25) is 0 Å². The summed E-state index contributed by atoms with van der Waals surface area (Å²) in [5.74, 6) is -2.50. The molecule has 2 aliphatic rings. The van der Waals surface area contributed by atoms with Gasteiger partial charge in [-0.1, -0.05) is 41.7 Å². The van der Waals surface area contributed by atoms with Gasteiger partial charge in [0.1, 0.15) is 6.10 Å². The van der Waals surface area contributed by atoms with E-state index in [1.807, 2.05) is 0 Å². The Morgan fingerprint density at radius 3 is 2.39 bits per heavy atom. The van der Waals surface area contributed by atoms with Gasteiger partial charge in [-0.2, -0.15) is 13.2 Å². The number of amides is 1. The first kappa shape index (κ1) is 24.3. The fraction of sp³-hybridized carbons (Fsp3) is 0.857. The first-order valence-electron chi connectivity index (χ1n) is 7.99. The zero-order valence-electron chi connectivity index (χ0n) is 14.8. The Morgan fingerprint density at radius 2 is 1.86 bits per heavy atom. The SMILES string of the molecule is C[C@@H]1C(NC(=O)C(Cl)(Cl)Cl)[C@H](OPC(=O)C(F)(F)F)OC2COC(C)(C)O[C@H]21. The minimum absolute atomic E-state index is 0.0727. The molecule has 1 N–H and O–H groups in total. The number of nitrogens with one attached hydrogen (secondary N) is 1. The van der Waals surface area contributed by atoms with Crippen LogP contribution >= 0.6 is 43.6 Å². The van der Waals surface area contributed by atoms with Crippen molar-refractivity contribution in [1.82, 2.24) is 5.32 Å². The van der Waals surface area contributed by atoms with Crippen molar-refractivity contribution in [3.63, 3.8) is 0 Å². The van der Waals surface area contributed by atoms with Crippen molar-refractivity contribution >= 4 is 55.0 Å². The molecule has 0 spiro atoms. The van der Waals surface area contributed by atoms with Gasteiger partial charge in [-0.3, -0.25) is 9.59 Å². The zero-order valence-corrected chi connectivity index (χ0v) is 18.1. The third-order valence-corrected chi connectivity index (χ3v) is 5.48. The van der Waals surface area contributed by atoms with E-state index in [1.54, 1.807) is 20.8 Å². The number of alkyl halides is 6. The summed E-state index contributed by atoms with van der Waals surface area (Å²) < 4.78 is 57.1. The van der Waals surface area contributed by atoms with Crippen LogP contribution in [0.1, 0.15) is 20.8 Å². The molecule has 162 valence electrons. The van der Waals surface area contributed by atoms with Crippen LogP contribution in [0, 0.1) is 5.92 Å². The number of hydrogen-bond donors (Lipinski definition) is 1. The maximum Gasteiger partial charge on any atom is 0.456 e. The van der Waals surface area contributed by atoms with Crippen LogP contribution < -0.4 is 5.32 Å². The molecule has 0 aromatic rings. The summed E-state index contributed by atoms with van der Waals surface area (Å²) in [5.41, 5.74) is -2.07. The van der Waals surface area contributed by atoms with E-state index in [1.165, 1.54) is 0 Å². The van der Waals surface area contributed by atoms with E-state index in [9.17, 15) is 22.8 Å². The third kappa shape index (κ3) is 6.04. The Morgan fingerprint density at radius 1 is 1.25 bits per heavy atom. The fourth-order valence-electron chi connectivity index (χ4n) is 2.79. The molecule has 0 saturated carbocycles. The third-order valence-electron chi connectivity index (χ3n) is 4.15. The lowest BCUT2D eigenvalue weighted by Gasteiger charge is -2.50. The van der Waals surface area contributed by atoms with Crippen molar-refractivity contribution in [2.45, 2.75) is 61.1 Å². The summed E-state index contributed by atoms with van der Waals surface area (Å²) in [7, 11) is -1.58. The van der Waals surface area contributed by atoms with Crippen LogP contribution in [0.25, 0.3) is 0 Å². The molecule has 1 amide bonds. The first-order valence-corrected chi connectivity index (χ1v) is 10.0. The van der Waals surface area contributed by atoms with Crippen molar-refractivity contribution in [2.24, 2.45) is 5.92 Å². The number of carbonyl (C=O) groups is 2. The molecule has 2 heterocycles. The summed E-state index contributed by atoms with van der Waals surface area (Å²) in [6.07, 6.45) is -7.75. The predicted octanol–water partition coefficient (Wildman–Crippen LogP) is 3.05. The van der Waals surface area contributed by atoms with Crippen LogP contribution in [0.15, 0.2) is 0 Å². The van der Waals surface area contributed by atoms with Crippen LogP contribution in [0.4, 0.5) is 13.2 Å². The highest BCUT2D eigenvalue weighted by Gasteiger charge is 2.52. The predicted molar refractivity (Wildman–Crippen MR) is 95.4 cm³/mol. The van der Waals surface area contributed by atoms with Gasteiger partial charge in [0, 0.05) is 5.92 Å². The maximum absolute atomic E-state index is 12.5. The van der Waals surface area contributed by atoms with Gasteiger partial charge in [0.25, 0.3) is 15.2 Å². The van der Waals surface area contributed by atoms with Crippen molar-refractivity contribution in [2.75, 3.05) is 6.61 Å². The molecule has 0 aromatic heterocycles. The quantitative estimate of drug-likeness (QED) is 0.482. The van der Waals surface area contributed by atoms with Gasteiger partial charge in [-0.15, -0.1) is 0 Å². The van der Waals surface area contributed by atoms with Gasteiger partial charge in [0.15, 0.2) is 12.1 Å². The average Bonchev–Trinajstić information content (AvgIpc) is 2.53. The van der Waals surface area contributed by atoms with E-state index >= 15 is 0 Å². The molecule has 14 heteroatoms. The molecule has 0 bridgehead atoms. The number of halogens is 6. The number of ether oxygens (including phenoxy) is 3. The van der Waals surface area contributed by atoms with Crippen molar-refractivity contribution < 1.29 is 41.5 Å². The Bertz CT molecular complexity index is 618. The minimum Gasteiger partial charge on any atom is -0.348 e. The summed E-state index contributed by atoms with van der Waals surface area (Å²) in [6.45, 7) is 5.09. The Kier molecular flexibility index (Phi) is 7.54. The minimum atomic E-state index is -5.06. The molecule has 0 aromatic carbocycles. The van der Waals surface area contributed by atoms with E-state index in [-0.39, 0.29) is 6.61 Å². The molecule has 0 radical (unpaired) electrons. The van der Waals surface area contributed by atoms with Crippen molar-refractivity contribution in [3.8, 4) is 0 Å². The van der Waals surface area contributed by atoms with Crippen LogP contribution in [-0.2, 0) is 28.3 Å². The largest absolute Gasteiger partial charge is 0.456 e. The van der Waals surface area contributed by atoms with E-state index in [0.717, 1.165) is 0 Å². The topological polar surface area (TPSA) is 83.1 Å². The Hall–Kier alpha value is 0.0700. The molecule has 6 atom stereocenters. The number of hydrogen-bond acceptors (Lipinski definition) is 6. The van der Waals surface area contributed by atoms with Crippen LogP contribution in [-0.4, -0.2) is 58.3 Å². The van der Waals surface area contributed by atoms with E-state index in [2.05, 4.69) is 5.32 Å². The Balaban J connectivity index is 2.19. The second kappa shape index (κ2) is 8.67. The summed E-state index contributed by atoms with van der Waals surface area (Å²) in [6, 6.07) is -1.05. The average molecular weight is 491 g/mol. The highest BCUT2D eigenvalue weighted by molar-refractivity contribution is 7.53. The van der Waals surface area contributed by atoms with Gasteiger partial charge >= 0.3 is 6.18 Å². The Labute approximate surface area is 175 Å². The smallest absolute Gasteiger partial charge is 0.348 e. The summed E-state index contributed by atoms with van der Waals surface area (Å²) in [4.78, 5) is 23.2. The summed E-state index contributed by atoms with van der Waals surface area (Å²) >= 11 is 16.7. The van der Waals surface area contributed by atoms with Crippen LogP contribution in [0.5, 0.6) is 0 Å². The second-order valence-corrected chi connectivity index (χ2v) is 9.91. The number of rotatable bonds is 4. The maximum atomic E-state index is 12.5. The number of carbonyl (C=O) groups excluding carboxylic acids is 2. The van der Waals surface area contributed by atoms with E-state index in [4.69, 9.17) is 53.5 Å². The molecule has 2 saturated heterocycles. The lowest BCUT2D eigenvalue weighted by Crippen LogP contribution is -2.65. The van der Waals surface area contributed by atoms with Gasteiger partial charge in [0.05, 0.1) is 27.6 Å². The van der Waals surface area contributed by atoms with Gasteiger partial charge in [-0.25, -0.2) is 0 Å². The first-order chi connectivity index (χ1) is 12.6. The molecular formula is C14H18Cl3F3NO6P. The zero-order chi connectivity index (χ0) is 21.5. The van der Waals surface area contributed by atoms with Crippen LogP contribution in [0.2, 0.25) is 0 Å². The molecule has 0 aliphatic carbocycles. The van der Waals surface area contributed by atoms with Gasteiger partial charge in [-0.05, 0) is 13.8 Å². The lowest BCUT2D eigenvalue weighted by atomic mass is 9.87. The molecular weight excluding hydrogens is 472 g/mol. The lowest BCUT2D eigenvalue weighted by molar-refractivity contribution is -0.353. The van der Waals surface area contributed by atoms with Gasteiger partial charge < -0.3 is 24.1 Å². The highest BCUT2D eigenvalue weighted by atomic mass is 35.6. The molecule has 7 nitrogen and oxygen atoms in total. The molecule has 3 unspecified atom stereocenters. The normalized spacial score (nSPS) is 33.5.